The Morgan fingerprint density at radius 2 is 2.12 bits per heavy atom. The Kier molecular flexibility index (Phi) is 5.22. The normalized spacial score (nSPS) is 23.9. The smallest absolute Gasteiger partial charge is 0.0947 e. The zero-order chi connectivity index (χ0) is 12.1. The molecule has 2 atom stereocenters. The molecule has 1 rings (SSSR count). The molecule has 0 aliphatic carbocycles. The lowest BCUT2D eigenvalue weighted by molar-refractivity contribution is 0.208. The summed E-state index contributed by atoms with van der Waals surface area (Å²) >= 11 is 0. The first-order chi connectivity index (χ1) is 7.58. The number of rotatable bonds is 6. The SMILES string of the molecule is CCN(CC)C1CCN(CC(C)C(=N)N)C1. The molecule has 4 heteroatoms. The highest BCUT2D eigenvalue weighted by Gasteiger charge is 2.27. The zero-order valence-electron chi connectivity index (χ0n) is 10.9. The third-order valence-corrected chi connectivity index (χ3v) is 3.64. The Morgan fingerprint density at radius 1 is 1.50 bits per heavy atom. The Balaban J connectivity index is 2.37. The Morgan fingerprint density at radius 3 is 2.62 bits per heavy atom. The molecule has 1 fully saturated rings. The summed E-state index contributed by atoms with van der Waals surface area (Å²) in [5, 5.41) is 7.41. The number of likely N-dealkylation sites (N-methyl/N-ethyl adjacent to an activating group) is 1. The highest BCUT2D eigenvalue weighted by atomic mass is 15.2. The van der Waals surface area contributed by atoms with E-state index in [1.807, 2.05) is 6.92 Å². The fourth-order valence-corrected chi connectivity index (χ4v) is 2.50. The van der Waals surface area contributed by atoms with Crippen molar-refractivity contribution < 1.29 is 0 Å². The van der Waals surface area contributed by atoms with Gasteiger partial charge in [-0.15, -0.1) is 0 Å². The minimum atomic E-state index is 0.190. The minimum Gasteiger partial charge on any atom is -0.387 e. The first-order valence-electron chi connectivity index (χ1n) is 6.38. The molecule has 1 aliphatic rings. The van der Waals surface area contributed by atoms with E-state index in [4.69, 9.17) is 11.1 Å². The molecule has 1 saturated heterocycles. The summed E-state index contributed by atoms with van der Waals surface area (Å²) in [4.78, 5) is 4.97. The van der Waals surface area contributed by atoms with E-state index in [0.29, 0.717) is 11.9 Å². The summed E-state index contributed by atoms with van der Waals surface area (Å²) < 4.78 is 0. The van der Waals surface area contributed by atoms with Crippen molar-refractivity contribution in [3.05, 3.63) is 0 Å². The molecule has 0 saturated carbocycles. The Hall–Kier alpha value is -0.610. The standard InChI is InChI=1S/C12H26N4/c1-4-16(5-2)11-6-7-15(9-11)8-10(3)12(13)14/h10-11H,4-9H2,1-3H3,(H3,13,14). The lowest BCUT2D eigenvalue weighted by atomic mass is 10.1. The van der Waals surface area contributed by atoms with Crippen LogP contribution in [0, 0.1) is 11.3 Å². The van der Waals surface area contributed by atoms with E-state index in [9.17, 15) is 0 Å². The number of nitrogens with one attached hydrogen (secondary N) is 1. The third-order valence-electron chi connectivity index (χ3n) is 3.64. The topological polar surface area (TPSA) is 56.4 Å². The predicted molar refractivity (Wildman–Crippen MR) is 68.8 cm³/mol. The highest BCUT2D eigenvalue weighted by molar-refractivity contribution is 5.79. The van der Waals surface area contributed by atoms with Gasteiger partial charge in [0, 0.05) is 25.0 Å². The maximum atomic E-state index is 7.41. The molecule has 3 N–H and O–H groups in total. The van der Waals surface area contributed by atoms with Gasteiger partial charge in [0.2, 0.25) is 0 Å². The van der Waals surface area contributed by atoms with Gasteiger partial charge >= 0.3 is 0 Å². The highest BCUT2D eigenvalue weighted by Crippen LogP contribution is 2.16. The number of hydrogen-bond acceptors (Lipinski definition) is 3. The van der Waals surface area contributed by atoms with Crippen LogP contribution in [0.5, 0.6) is 0 Å². The molecule has 1 heterocycles. The maximum absolute atomic E-state index is 7.41. The molecule has 0 radical (unpaired) electrons. The van der Waals surface area contributed by atoms with Crippen LogP contribution in [0.3, 0.4) is 0 Å². The second kappa shape index (κ2) is 6.21. The van der Waals surface area contributed by atoms with Crippen LogP contribution in [0.1, 0.15) is 27.2 Å². The molecule has 1 aliphatic heterocycles. The van der Waals surface area contributed by atoms with E-state index in [1.165, 1.54) is 6.42 Å². The van der Waals surface area contributed by atoms with Crippen molar-refractivity contribution in [1.82, 2.24) is 9.80 Å². The first kappa shape index (κ1) is 13.5. The molecular weight excluding hydrogens is 200 g/mol. The summed E-state index contributed by atoms with van der Waals surface area (Å²) in [6, 6.07) is 0.703. The summed E-state index contributed by atoms with van der Waals surface area (Å²) in [7, 11) is 0. The van der Waals surface area contributed by atoms with Gasteiger partial charge in [-0.3, -0.25) is 10.3 Å². The van der Waals surface area contributed by atoms with Crippen LogP contribution < -0.4 is 5.73 Å². The van der Waals surface area contributed by atoms with Crippen LogP contribution in [0.4, 0.5) is 0 Å². The van der Waals surface area contributed by atoms with Gasteiger partial charge in [0.05, 0.1) is 5.84 Å². The lowest BCUT2D eigenvalue weighted by Gasteiger charge is -2.26. The number of nitrogens with zero attached hydrogens (tertiary/aromatic N) is 2. The van der Waals surface area contributed by atoms with Crippen molar-refractivity contribution >= 4 is 5.84 Å². The number of likely N-dealkylation sites (tertiary alicyclic amines) is 1. The number of nitrogens with two attached hydrogens (primary N) is 1. The Bertz CT molecular complexity index is 225. The molecule has 4 nitrogen and oxygen atoms in total. The van der Waals surface area contributed by atoms with Crippen molar-refractivity contribution in [2.24, 2.45) is 11.7 Å². The molecular formula is C12H26N4. The molecule has 16 heavy (non-hydrogen) atoms. The molecule has 0 aromatic carbocycles. The largest absolute Gasteiger partial charge is 0.387 e. The van der Waals surface area contributed by atoms with Crippen LogP contribution in [0.2, 0.25) is 0 Å². The van der Waals surface area contributed by atoms with E-state index in [0.717, 1.165) is 32.7 Å². The van der Waals surface area contributed by atoms with Gasteiger partial charge in [0.15, 0.2) is 0 Å². The maximum Gasteiger partial charge on any atom is 0.0947 e. The van der Waals surface area contributed by atoms with Crippen LogP contribution >= 0.6 is 0 Å². The second-order valence-electron chi connectivity index (χ2n) is 4.78. The fourth-order valence-electron chi connectivity index (χ4n) is 2.50. The average molecular weight is 226 g/mol. The second-order valence-corrected chi connectivity index (χ2v) is 4.78. The molecule has 0 spiro atoms. The van der Waals surface area contributed by atoms with Gasteiger partial charge in [-0.05, 0) is 26.1 Å². The summed E-state index contributed by atoms with van der Waals surface area (Å²) in [6.07, 6.45) is 1.26. The Labute approximate surface area is 99.3 Å². The van der Waals surface area contributed by atoms with Crippen molar-refractivity contribution in [3.8, 4) is 0 Å². The van der Waals surface area contributed by atoms with Crippen molar-refractivity contribution in [3.63, 3.8) is 0 Å². The molecule has 0 amide bonds. The zero-order valence-corrected chi connectivity index (χ0v) is 10.9. The summed E-state index contributed by atoms with van der Waals surface area (Å²) in [5.41, 5.74) is 5.51. The van der Waals surface area contributed by atoms with Gasteiger partial charge in [0.1, 0.15) is 0 Å². The molecule has 0 bridgehead atoms. The van der Waals surface area contributed by atoms with Crippen molar-refractivity contribution in [1.29, 1.82) is 5.41 Å². The van der Waals surface area contributed by atoms with Crippen molar-refractivity contribution in [2.45, 2.75) is 33.2 Å². The van der Waals surface area contributed by atoms with Gasteiger partial charge in [-0.1, -0.05) is 20.8 Å². The summed E-state index contributed by atoms with van der Waals surface area (Å²) in [5.74, 6) is 0.502. The number of amidine groups is 1. The van der Waals surface area contributed by atoms with Gasteiger partial charge in [0.25, 0.3) is 0 Å². The monoisotopic (exact) mass is 226 g/mol. The van der Waals surface area contributed by atoms with Crippen LogP contribution in [-0.2, 0) is 0 Å². The summed E-state index contributed by atoms with van der Waals surface area (Å²) in [6.45, 7) is 12.0. The quantitative estimate of drug-likeness (QED) is 0.524. The first-order valence-corrected chi connectivity index (χ1v) is 6.38. The third kappa shape index (κ3) is 3.46. The van der Waals surface area contributed by atoms with E-state index < -0.39 is 0 Å². The van der Waals surface area contributed by atoms with E-state index in [1.54, 1.807) is 0 Å². The minimum absolute atomic E-state index is 0.190. The van der Waals surface area contributed by atoms with Gasteiger partial charge in [-0.2, -0.15) is 0 Å². The molecule has 94 valence electrons. The number of hydrogen-bond donors (Lipinski definition) is 2. The molecule has 0 aromatic rings. The lowest BCUT2D eigenvalue weighted by Crippen LogP contribution is -2.39. The van der Waals surface area contributed by atoms with Crippen molar-refractivity contribution in [2.75, 3.05) is 32.7 Å². The average Bonchev–Trinajstić information content (AvgIpc) is 2.68. The van der Waals surface area contributed by atoms with Gasteiger partial charge < -0.3 is 10.6 Å². The van der Waals surface area contributed by atoms with Crippen LogP contribution in [-0.4, -0.2) is 54.4 Å². The van der Waals surface area contributed by atoms with Gasteiger partial charge in [-0.25, -0.2) is 0 Å². The van der Waals surface area contributed by atoms with E-state index >= 15 is 0 Å². The molecule has 2 unspecified atom stereocenters. The van der Waals surface area contributed by atoms with E-state index in [2.05, 4.69) is 23.6 Å². The predicted octanol–water partition coefficient (Wildman–Crippen LogP) is 0.975. The molecule has 0 aromatic heterocycles. The fraction of sp³-hybridized carbons (Fsp3) is 0.917. The van der Waals surface area contributed by atoms with E-state index in [-0.39, 0.29) is 5.92 Å². The van der Waals surface area contributed by atoms with Crippen LogP contribution in [0.25, 0.3) is 0 Å². The van der Waals surface area contributed by atoms with Crippen LogP contribution in [0.15, 0.2) is 0 Å².